The van der Waals surface area contributed by atoms with Crippen LogP contribution in [-0.2, 0) is 0 Å². The molecule has 14 nitrogen and oxygen atoms in total. The van der Waals surface area contributed by atoms with Gasteiger partial charge in [0.25, 0.3) is 0 Å². The number of hydrogen-bond acceptors (Lipinski definition) is 8. The van der Waals surface area contributed by atoms with Crippen molar-refractivity contribution in [1.29, 1.82) is 0 Å². The fraction of sp³-hybridized carbons (Fsp3) is 0. The van der Waals surface area contributed by atoms with Crippen LogP contribution < -0.4 is 5.84 Å². The predicted octanol–water partition coefficient (Wildman–Crippen LogP) is 0.248. The Kier molecular flexibility index (Phi) is 9.65. The molecule has 0 aliphatic rings. The van der Waals surface area contributed by atoms with Crippen LogP contribution in [-0.4, -0.2) is 69.0 Å². The second kappa shape index (κ2) is 12.1. The number of carboxylic acid groups (broad SMARTS) is 3. The fourth-order valence-electron chi connectivity index (χ4n) is 2.77. The molecule has 0 bridgehead atoms. The number of pyridine rings is 2. The van der Waals surface area contributed by atoms with Crippen LogP contribution in [0, 0.1) is 0 Å². The van der Waals surface area contributed by atoms with Crippen molar-refractivity contribution in [2.45, 2.75) is 0 Å². The summed E-state index contributed by atoms with van der Waals surface area (Å²) in [4.78, 5) is 40.4. The van der Waals surface area contributed by atoms with Gasteiger partial charge in [-0.25, -0.2) is 19.1 Å². The van der Waals surface area contributed by atoms with Gasteiger partial charge in [-0.05, 0) is 36.4 Å². The molecule has 0 saturated carbocycles. The minimum atomic E-state index is -1.58. The third kappa shape index (κ3) is 6.19. The van der Waals surface area contributed by atoms with E-state index in [0.29, 0.717) is 23.0 Å². The average molecular weight is 484 g/mol. The van der Waals surface area contributed by atoms with Gasteiger partial charge in [-0.15, -0.1) is 10.2 Å². The van der Waals surface area contributed by atoms with E-state index in [1.54, 1.807) is 12.4 Å². The lowest BCUT2D eigenvalue weighted by atomic mass is 10.0. The van der Waals surface area contributed by atoms with E-state index in [1.165, 1.54) is 10.7 Å². The molecule has 0 spiro atoms. The van der Waals surface area contributed by atoms with Crippen molar-refractivity contribution in [2.75, 3.05) is 5.84 Å². The third-order valence-corrected chi connectivity index (χ3v) is 4.22. The Labute approximate surface area is 196 Å². The number of nitrogen functional groups attached to an aromatic ring is 1. The smallest absolute Gasteiger partial charge is 0.337 e. The summed E-state index contributed by atoms with van der Waals surface area (Å²) in [6, 6.07) is 14.3. The van der Waals surface area contributed by atoms with Crippen LogP contribution in [0.15, 0.2) is 67.0 Å². The van der Waals surface area contributed by atoms with Gasteiger partial charge in [0.05, 0.1) is 16.7 Å². The largest absolute Gasteiger partial charge is 0.478 e. The lowest BCUT2D eigenvalue weighted by Crippen LogP contribution is -2.14. The van der Waals surface area contributed by atoms with Gasteiger partial charge in [-0.3, -0.25) is 9.97 Å². The van der Waals surface area contributed by atoms with Crippen LogP contribution in [0.3, 0.4) is 0 Å². The molecule has 0 atom stereocenters. The quantitative estimate of drug-likeness (QED) is 0.279. The van der Waals surface area contributed by atoms with E-state index < -0.39 is 34.6 Å². The van der Waals surface area contributed by atoms with Crippen molar-refractivity contribution in [1.82, 2.24) is 24.8 Å². The number of benzene rings is 1. The zero-order valence-corrected chi connectivity index (χ0v) is 17.7. The minimum Gasteiger partial charge on any atom is -0.478 e. The van der Waals surface area contributed by atoms with Crippen LogP contribution in [0.5, 0.6) is 0 Å². The van der Waals surface area contributed by atoms with E-state index in [9.17, 15) is 14.4 Å². The number of carboxylic acids is 3. The highest BCUT2D eigenvalue weighted by molar-refractivity contribution is 6.09. The molecule has 14 heteroatoms. The first kappa shape index (κ1) is 27.8. The standard InChI is InChI=1S/C12H10N6.C9H6O6.2H2O/c13-18-11(9-5-1-3-7-14-9)16-17-12(18)10-6-2-4-8-15-10;10-7(11)4-2-1-3-5(8(12)13)6(4)9(14)15;;/h1-8H,13H2;1-3H,(H,10,11)(H,12,13)(H,14,15);2*1H2. The molecule has 0 fully saturated rings. The molecule has 3 heterocycles. The highest BCUT2D eigenvalue weighted by Crippen LogP contribution is 2.18. The Balaban J connectivity index is 0.000000337. The molecular formula is C21H20N6O8. The summed E-state index contributed by atoms with van der Waals surface area (Å²) >= 11 is 0. The number of rotatable bonds is 5. The molecule has 35 heavy (non-hydrogen) atoms. The molecule has 0 radical (unpaired) electrons. The molecule has 4 aromatic rings. The normalized spacial score (nSPS) is 9.49. The van der Waals surface area contributed by atoms with E-state index in [1.807, 2.05) is 36.4 Å². The van der Waals surface area contributed by atoms with E-state index in [2.05, 4.69) is 20.2 Å². The van der Waals surface area contributed by atoms with Gasteiger partial charge in [-0.2, -0.15) is 0 Å². The summed E-state index contributed by atoms with van der Waals surface area (Å²) in [5, 5.41) is 34.1. The van der Waals surface area contributed by atoms with Gasteiger partial charge in [0, 0.05) is 12.4 Å². The van der Waals surface area contributed by atoms with Crippen molar-refractivity contribution in [3.05, 3.63) is 83.7 Å². The Morgan fingerprint density at radius 2 is 1.09 bits per heavy atom. The molecule has 0 aliphatic heterocycles. The molecule has 0 amide bonds. The number of hydrogen-bond donors (Lipinski definition) is 4. The molecule has 182 valence electrons. The number of aromatic carboxylic acids is 3. The van der Waals surface area contributed by atoms with Crippen molar-refractivity contribution in [3.8, 4) is 23.0 Å². The maximum atomic E-state index is 10.7. The summed E-state index contributed by atoms with van der Waals surface area (Å²) in [5.74, 6) is 2.47. The van der Waals surface area contributed by atoms with Crippen molar-refractivity contribution >= 4 is 17.9 Å². The molecule has 0 aliphatic carbocycles. The maximum Gasteiger partial charge on any atom is 0.337 e. The van der Waals surface area contributed by atoms with E-state index in [-0.39, 0.29) is 11.0 Å². The van der Waals surface area contributed by atoms with Crippen molar-refractivity contribution in [3.63, 3.8) is 0 Å². The number of nitrogens with zero attached hydrogens (tertiary/aromatic N) is 5. The molecule has 4 rings (SSSR count). The minimum absolute atomic E-state index is 0. The summed E-state index contributed by atoms with van der Waals surface area (Å²) < 4.78 is 1.39. The molecule has 0 saturated heterocycles. The van der Waals surface area contributed by atoms with Crippen molar-refractivity contribution in [2.24, 2.45) is 0 Å². The summed E-state index contributed by atoms with van der Waals surface area (Å²) in [6.07, 6.45) is 3.37. The number of carbonyl (C=O) groups is 3. The molecule has 1 aromatic carbocycles. The first-order chi connectivity index (χ1) is 15.8. The third-order valence-electron chi connectivity index (χ3n) is 4.22. The van der Waals surface area contributed by atoms with Crippen LogP contribution in [0.4, 0.5) is 0 Å². The van der Waals surface area contributed by atoms with E-state index >= 15 is 0 Å². The second-order valence-corrected chi connectivity index (χ2v) is 6.29. The van der Waals surface area contributed by atoms with Crippen LogP contribution in [0.1, 0.15) is 31.1 Å². The maximum absolute atomic E-state index is 10.7. The topological polar surface area (TPSA) is 257 Å². The predicted molar refractivity (Wildman–Crippen MR) is 121 cm³/mol. The highest BCUT2D eigenvalue weighted by Gasteiger charge is 2.23. The van der Waals surface area contributed by atoms with Gasteiger partial charge < -0.3 is 32.1 Å². The van der Waals surface area contributed by atoms with Crippen LogP contribution >= 0.6 is 0 Å². The van der Waals surface area contributed by atoms with Crippen molar-refractivity contribution < 1.29 is 40.7 Å². The molecule has 0 unspecified atom stereocenters. The summed E-state index contributed by atoms with van der Waals surface area (Å²) in [5.41, 5.74) is -0.438. The zero-order chi connectivity index (χ0) is 24.0. The van der Waals surface area contributed by atoms with Gasteiger partial charge >= 0.3 is 17.9 Å². The zero-order valence-electron chi connectivity index (χ0n) is 17.7. The SMILES string of the molecule is Nn1c(-c2ccccn2)nnc1-c1ccccn1.O.O.O=C(O)c1cccc(C(=O)O)c1C(=O)O. The van der Waals surface area contributed by atoms with Gasteiger partial charge in [-0.1, -0.05) is 18.2 Å². The second-order valence-electron chi connectivity index (χ2n) is 6.29. The number of aromatic nitrogens is 5. The Morgan fingerprint density at radius 1 is 0.657 bits per heavy atom. The van der Waals surface area contributed by atoms with Crippen LogP contribution in [0.25, 0.3) is 23.0 Å². The lowest BCUT2D eigenvalue weighted by molar-refractivity contribution is 0.0633. The first-order valence-corrected chi connectivity index (χ1v) is 9.17. The monoisotopic (exact) mass is 484 g/mol. The molecule has 9 N–H and O–H groups in total. The Bertz CT molecular complexity index is 1220. The summed E-state index contributed by atoms with van der Waals surface area (Å²) in [7, 11) is 0. The van der Waals surface area contributed by atoms with Gasteiger partial charge in [0.15, 0.2) is 0 Å². The summed E-state index contributed by atoms with van der Waals surface area (Å²) in [6.45, 7) is 0. The number of nitrogens with two attached hydrogens (primary N) is 1. The van der Waals surface area contributed by atoms with E-state index in [4.69, 9.17) is 21.2 Å². The lowest BCUT2D eigenvalue weighted by Gasteiger charge is -2.04. The van der Waals surface area contributed by atoms with Gasteiger partial charge in [0.1, 0.15) is 11.4 Å². The Morgan fingerprint density at radius 3 is 1.40 bits per heavy atom. The highest BCUT2D eigenvalue weighted by atomic mass is 16.4. The Hall–Kier alpha value is -5.21. The van der Waals surface area contributed by atoms with Crippen LogP contribution in [0.2, 0.25) is 0 Å². The van der Waals surface area contributed by atoms with Gasteiger partial charge in [0.2, 0.25) is 11.6 Å². The molecule has 3 aromatic heterocycles. The first-order valence-electron chi connectivity index (χ1n) is 9.17. The fourth-order valence-corrected chi connectivity index (χ4v) is 2.77. The molecular weight excluding hydrogens is 464 g/mol. The average Bonchev–Trinajstić information content (AvgIpc) is 3.21. The van der Waals surface area contributed by atoms with E-state index in [0.717, 1.165) is 12.1 Å².